The molecule has 5 rings (SSSR count). The van der Waals surface area contributed by atoms with Crippen LogP contribution in [0.4, 0.5) is 9.18 Å². The molecule has 0 radical (unpaired) electrons. The number of hydrogen-bond acceptors (Lipinski definition) is 4. The Morgan fingerprint density at radius 1 is 0.882 bits per heavy atom. The third-order valence-corrected chi connectivity index (χ3v) is 6.77. The lowest BCUT2D eigenvalue weighted by Gasteiger charge is -2.26. The van der Waals surface area contributed by atoms with Gasteiger partial charge in [0, 0.05) is 25.6 Å². The number of likely N-dealkylation sites (tertiary alicyclic amines) is 1. The summed E-state index contributed by atoms with van der Waals surface area (Å²) in [6, 6.07) is 25.9. The predicted molar refractivity (Wildman–Crippen MR) is 126 cm³/mol. The number of hydrogen-bond donors (Lipinski definition) is 0. The van der Waals surface area contributed by atoms with Gasteiger partial charge in [-0.3, -0.25) is 9.69 Å². The van der Waals surface area contributed by atoms with E-state index in [0.717, 1.165) is 16.7 Å². The molecule has 6 heteroatoms. The molecule has 2 aliphatic heterocycles. The monoisotopic (exact) mass is 458 g/mol. The highest BCUT2D eigenvalue weighted by Gasteiger charge is 2.46. The van der Waals surface area contributed by atoms with Crippen LogP contribution in [-0.4, -0.2) is 47.5 Å². The van der Waals surface area contributed by atoms with E-state index in [0.29, 0.717) is 26.1 Å². The Bertz CT molecular complexity index is 1140. The van der Waals surface area contributed by atoms with Gasteiger partial charge in [0.15, 0.2) is 0 Å². The fraction of sp³-hybridized carbons (Fsp3) is 0.286. The number of imide groups is 1. The fourth-order valence-corrected chi connectivity index (χ4v) is 5.10. The Kier molecular flexibility index (Phi) is 6.41. The maximum atomic E-state index is 13.8. The molecule has 2 heterocycles. The number of cyclic esters (lactones) is 1. The minimum atomic E-state index is -0.578. The normalized spacial score (nSPS) is 22.7. The van der Waals surface area contributed by atoms with E-state index in [2.05, 4.69) is 17.0 Å². The number of carbonyl (C=O) groups excluding carboxylic acids is 2. The molecule has 0 unspecified atom stereocenters. The van der Waals surface area contributed by atoms with Crippen LogP contribution in [0.5, 0.6) is 0 Å². The van der Waals surface area contributed by atoms with E-state index in [9.17, 15) is 14.0 Å². The van der Waals surface area contributed by atoms with Gasteiger partial charge in [0.05, 0.1) is 12.0 Å². The molecule has 0 aromatic heterocycles. The second kappa shape index (κ2) is 9.77. The van der Waals surface area contributed by atoms with Crippen molar-refractivity contribution in [2.45, 2.75) is 24.9 Å². The number of amides is 2. The van der Waals surface area contributed by atoms with Crippen molar-refractivity contribution >= 4 is 12.0 Å². The van der Waals surface area contributed by atoms with Crippen molar-refractivity contribution in [2.75, 3.05) is 19.7 Å². The van der Waals surface area contributed by atoms with Gasteiger partial charge in [0.25, 0.3) is 0 Å². The maximum Gasteiger partial charge on any atom is 0.416 e. The number of ether oxygens (including phenoxy) is 1. The van der Waals surface area contributed by atoms with Crippen molar-refractivity contribution in [1.82, 2.24) is 9.80 Å². The zero-order valence-corrected chi connectivity index (χ0v) is 18.8. The standard InChI is InChI=1S/C28H27FN2O3/c29-23-13-11-22(12-14-23)25-17-30(16-21-9-5-2-6-10-21)18-26(25)27(32)31-24(19-34-28(31)33)15-20-7-3-1-4-8-20/h1-14,24-26H,15-19H2/t24-,25+,26-/m1/s1. The van der Waals surface area contributed by atoms with Gasteiger partial charge in [-0.15, -0.1) is 0 Å². The van der Waals surface area contributed by atoms with Crippen LogP contribution in [0.3, 0.4) is 0 Å². The van der Waals surface area contributed by atoms with E-state index in [1.807, 2.05) is 48.5 Å². The van der Waals surface area contributed by atoms with Crippen LogP contribution in [-0.2, 0) is 22.5 Å². The summed E-state index contributed by atoms with van der Waals surface area (Å²) in [6.07, 6.45) is -0.0229. The summed E-state index contributed by atoms with van der Waals surface area (Å²) in [5, 5.41) is 0. The molecule has 3 aromatic rings. The Balaban J connectivity index is 1.40. The molecule has 3 aromatic carbocycles. The van der Waals surface area contributed by atoms with E-state index in [4.69, 9.17) is 4.74 Å². The van der Waals surface area contributed by atoms with E-state index in [-0.39, 0.29) is 30.3 Å². The van der Waals surface area contributed by atoms with Crippen LogP contribution in [0.1, 0.15) is 22.6 Å². The molecule has 2 aliphatic rings. The van der Waals surface area contributed by atoms with Gasteiger partial charge in [-0.1, -0.05) is 72.8 Å². The molecule has 174 valence electrons. The van der Waals surface area contributed by atoms with E-state index in [1.165, 1.54) is 17.0 Å². The lowest BCUT2D eigenvalue weighted by Crippen LogP contribution is -2.45. The summed E-state index contributed by atoms with van der Waals surface area (Å²) in [6.45, 7) is 2.09. The van der Waals surface area contributed by atoms with E-state index >= 15 is 0 Å². The molecule has 2 amide bonds. The van der Waals surface area contributed by atoms with Gasteiger partial charge >= 0.3 is 6.09 Å². The first-order valence-corrected chi connectivity index (χ1v) is 11.6. The first-order valence-electron chi connectivity index (χ1n) is 11.6. The van der Waals surface area contributed by atoms with Crippen molar-refractivity contribution in [3.8, 4) is 0 Å². The van der Waals surface area contributed by atoms with Crippen molar-refractivity contribution in [3.05, 3.63) is 107 Å². The lowest BCUT2D eigenvalue weighted by atomic mass is 9.87. The molecule has 34 heavy (non-hydrogen) atoms. The summed E-state index contributed by atoms with van der Waals surface area (Å²) in [5.41, 5.74) is 3.12. The van der Waals surface area contributed by atoms with E-state index in [1.54, 1.807) is 12.1 Å². The van der Waals surface area contributed by atoms with Crippen molar-refractivity contribution in [1.29, 1.82) is 0 Å². The van der Waals surface area contributed by atoms with Crippen LogP contribution in [0.25, 0.3) is 0 Å². The molecule has 0 saturated carbocycles. The van der Waals surface area contributed by atoms with Crippen LogP contribution >= 0.6 is 0 Å². The quantitative estimate of drug-likeness (QED) is 0.540. The van der Waals surface area contributed by atoms with Crippen molar-refractivity contribution in [3.63, 3.8) is 0 Å². The number of carbonyl (C=O) groups is 2. The number of halogens is 1. The SMILES string of the molecule is O=C1OC[C@@H](Cc2ccccc2)N1C(=O)[C@@H]1CN(Cc2ccccc2)C[C@H]1c1ccc(F)cc1. The van der Waals surface area contributed by atoms with Crippen LogP contribution in [0.2, 0.25) is 0 Å². The summed E-state index contributed by atoms with van der Waals surface area (Å²) in [4.78, 5) is 30.0. The highest BCUT2D eigenvalue weighted by atomic mass is 19.1. The first-order chi connectivity index (χ1) is 16.6. The van der Waals surface area contributed by atoms with Gasteiger partial charge < -0.3 is 4.74 Å². The van der Waals surface area contributed by atoms with Crippen LogP contribution < -0.4 is 0 Å². The molecule has 3 atom stereocenters. The largest absolute Gasteiger partial charge is 0.447 e. The Labute approximate surface area is 198 Å². The van der Waals surface area contributed by atoms with Crippen LogP contribution in [0.15, 0.2) is 84.9 Å². The van der Waals surface area contributed by atoms with Crippen LogP contribution in [0, 0.1) is 11.7 Å². The van der Waals surface area contributed by atoms with Crippen molar-refractivity contribution < 1.29 is 18.7 Å². The zero-order chi connectivity index (χ0) is 23.5. The fourth-order valence-electron chi connectivity index (χ4n) is 5.10. The minimum absolute atomic E-state index is 0.136. The number of benzene rings is 3. The topological polar surface area (TPSA) is 49.9 Å². The molecule has 0 N–H and O–H groups in total. The molecule has 0 aliphatic carbocycles. The third kappa shape index (κ3) is 4.73. The number of rotatable bonds is 6. The minimum Gasteiger partial charge on any atom is -0.447 e. The second-order valence-electron chi connectivity index (χ2n) is 9.07. The third-order valence-electron chi connectivity index (χ3n) is 6.77. The summed E-state index contributed by atoms with van der Waals surface area (Å²) in [7, 11) is 0. The maximum absolute atomic E-state index is 13.8. The summed E-state index contributed by atoms with van der Waals surface area (Å²) < 4.78 is 18.9. The highest BCUT2D eigenvalue weighted by molar-refractivity contribution is 5.95. The first kappa shape index (κ1) is 22.3. The zero-order valence-electron chi connectivity index (χ0n) is 18.8. The Morgan fingerprint density at radius 2 is 1.53 bits per heavy atom. The number of nitrogens with zero attached hydrogens (tertiary/aromatic N) is 2. The lowest BCUT2D eigenvalue weighted by molar-refractivity contribution is -0.133. The second-order valence-corrected chi connectivity index (χ2v) is 9.07. The molecule has 5 nitrogen and oxygen atoms in total. The molecular weight excluding hydrogens is 431 g/mol. The molecular formula is C28H27FN2O3. The van der Waals surface area contributed by atoms with Gasteiger partial charge in [0.1, 0.15) is 12.4 Å². The van der Waals surface area contributed by atoms with Gasteiger partial charge in [0.2, 0.25) is 5.91 Å². The summed E-state index contributed by atoms with van der Waals surface area (Å²) in [5.74, 6) is -1.08. The van der Waals surface area contributed by atoms with E-state index < -0.39 is 12.0 Å². The van der Waals surface area contributed by atoms with Gasteiger partial charge in [-0.05, 0) is 35.2 Å². The molecule has 2 fully saturated rings. The average Bonchev–Trinajstić information content (AvgIpc) is 3.44. The smallest absolute Gasteiger partial charge is 0.416 e. The van der Waals surface area contributed by atoms with Crippen molar-refractivity contribution in [2.24, 2.45) is 5.92 Å². The Hall–Kier alpha value is -3.51. The molecule has 2 saturated heterocycles. The Morgan fingerprint density at radius 3 is 2.21 bits per heavy atom. The van der Waals surface area contributed by atoms with Gasteiger partial charge in [-0.2, -0.15) is 0 Å². The van der Waals surface area contributed by atoms with Gasteiger partial charge in [-0.25, -0.2) is 14.1 Å². The molecule has 0 spiro atoms. The average molecular weight is 459 g/mol. The highest BCUT2D eigenvalue weighted by Crippen LogP contribution is 2.36. The predicted octanol–water partition coefficient (Wildman–Crippen LogP) is 4.63. The molecule has 0 bridgehead atoms. The summed E-state index contributed by atoms with van der Waals surface area (Å²) >= 11 is 0.